The molecule has 0 bridgehead atoms. The van der Waals surface area contributed by atoms with E-state index in [0.29, 0.717) is 36.1 Å². The van der Waals surface area contributed by atoms with Crippen molar-refractivity contribution in [3.05, 3.63) is 58.0 Å². The van der Waals surface area contributed by atoms with Crippen LogP contribution in [0.3, 0.4) is 0 Å². The number of sulfonamides is 1. The van der Waals surface area contributed by atoms with Crippen molar-refractivity contribution in [3.8, 4) is 0 Å². The second-order valence-electron chi connectivity index (χ2n) is 5.32. The molecule has 122 valence electrons. The summed E-state index contributed by atoms with van der Waals surface area (Å²) in [7, 11) is -3.44. The summed E-state index contributed by atoms with van der Waals surface area (Å²) in [5.74, 6) is 0. The Hall–Kier alpha value is -1.08. The van der Waals surface area contributed by atoms with Crippen molar-refractivity contribution in [2.24, 2.45) is 0 Å². The summed E-state index contributed by atoms with van der Waals surface area (Å²) in [6, 6.07) is 14.4. The smallest absolute Gasteiger partial charge is 0.243 e. The van der Waals surface area contributed by atoms with Crippen LogP contribution in [0, 0.1) is 0 Å². The predicted molar refractivity (Wildman–Crippen MR) is 96.6 cm³/mol. The molecule has 2 aromatic carbocycles. The minimum Gasteiger partial charge on any atom is -0.369 e. The lowest BCUT2D eigenvalue weighted by Gasteiger charge is -2.35. The molecule has 3 rings (SSSR count). The molecule has 1 heterocycles. The first-order valence-corrected chi connectivity index (χ1v) is 9.84. The number of hydrogen-bond acceptors (Lipinski definition) is 3. The maximum absolute atomic E-state index is 12.7. The number of rotatable bonds is 3. The van der Waals surface area contributed by atoms with E-state index >= 15 is 0 Å². The van der Waals surface area contributed by atoms with E-state index in [2.05, 4.69) is 20.8 Å². The summed E-state index contributed by atoms with van der Waals surface area (Å²) < 4.78 is 27.7. The van der Waals surface area contributed by atoms with Crippen LogP contribution < -0.4 is 4.90 Å². The molecule has 1 saturated heterocycles. The molecular formula is C16H16BrClN2O2S. The Morgan fingerprint density at radius 2 is 1.61 bits per heavy atom. The zero-order valence-corrected chi connectivity index (χ0v) is 15.5. The summed E-state index contributed by atoms with van der Waals surface area (Å²) in [6.45, 7) is 2.26. The van der Waals surface area contributed by atoms with Crippen molar-refractivity contribution in [2.45, 2.75) is 4.90 Å². The molecule has 0 spiro atoms. The van der Waals surface area contributed by atoms with Crippen LogP contribution in [0.5, 0.6) is 0 Å². The molecule has 4 nitrogen and oxygen atoms in total. The summed E-state index contributed by atoms with van der Waals surface area (Å²) >= 11 is 9.23. The van der Waals surface area contributed by atoms with Gasteiger partial charge in [0.2, 0.25) is 10.0 Å². The van der Waals surface area contributed by atoms with Gasteiger partial charge in [-0.25, -0.2) is 8.42 Å². The van der Waals surface area contributed by atoms with Gasteiger partial charge in [0.15, 0.2) is 0 Å². The van der Waals surface area contributed by atoms with Crippen LogP contribution in [0.2, 0.25) is 5.02 Å². The molecule has 1 aliphatic heterocycles. The van der Waals surface area contributed by atoms with E-state index < -0.39 is 10.0 Å². The van der Waals surface area contributed by atoms with Crippen molar-refractivity contribution < 1.29 is 8.42 Å². The first-order chi connectivity index (χ1) is 11.0. The summed E-state index contributed by atoms with van der Waals surface area (Å²) in [5, 5.41) is 0.699. The standard InChI is InChI=1S/C16H16BrClN2O2S/c17-13-2-1-3-16(12-13)23(21,22)20-10-8-19(9-11-20)15-6-4-14(18)5-7-15/h1-7,12H,8-11H2. The minimum atomic E-state index is -3.44. The number of hydrogen-bond donors (Lipinski definition) is 0. The van der Waals surface area contributed by atoms with Gasteiger partial charge < -0.3 is 4.90 Å². The molecule has 7 heteroatoms. The summed E-state index contributed by atoms with van der Waals surface area (Å²) in [4.78, 5) is 2.50. The molecule has 0 amide bonds. The second-order valence-corrected chi connectivity index (χ2v) is 8.61. The van der Waals surface area contributed by atoms with Crippen molar-refractivity contribution in [1.29, 1.82) is 0 Å². The van der Waals surface area contributed by atoms with Crippen molar-refractivity contribution in [2.75, 3.05) is 31.1 Å². The third-order valence-electron chi connectivity index (χ3n) is 3.86. The normalized spacial score (nSPS) is 16.5. The lowest BCUT2D eigenvalue weighted by molar-refractivity contribution is 0.385. The molecule has 0 atom stereocenters. The van der Waals surface area contributed by atoms with Crippen LogP contribution in [0.15, 0.2) is 57.9 Å². The van der Waals surface area contributed by atoms with E-state index in [1.54, 1.807) is 22.5 Å². The van der Waals surface area contributed by atoms with Crippen LogP contribution >= 0.6 is 27.5 Å². The quantitative estimate of drug-likeness (QED) is 0.769. The zero-order valence-electron chi connectivity index (χ0n) is 12.3. The van der Waals surface area contributed by atoms with Crippen molar-refractivity contribution in [3.63, 3.8) is 0 Å². The first kappa shape index (κ1) is 16.8. The van der Waals surface area contributed by atoms with E-state index in [-0.39, 0.29) is 0 Å². The Morgan fingerprint density at radius 3 is 2.22 bits per heavy atom. The van der Waals surface area contributed by atoms with Crippen LogP contribution in [-0.2, 0) is 10.0 Å². The Morgan fingerprint density at radius 1 is 0.957 bits per heavy atom. The fourth-order valence-corrected chi connectivity index (χ4v) is 4.76. The minimum absolute atomic E-state index is 0.326. The number of halogens is 2. The molecule has 0 aromatic heterocycles. The first-order valence-electron chi connectivity index (χ1n) is 7.23. The molecule has 23 heavy (non-hydrogen) atoms. The van der Waals surface area contributed by atoms with Crippen molar-refractivity contribution >= 4 is 43.2 Å². The fourth-order valence-electron chi connectivity index (χ4n) is 2.62. The largest absolute Gasteiger partial charge is 0.369 e. The Bertz CT molecular complexity index is 788. The van der Waals surface area contributed by atoms with Crippen LogP contribution in [-0.4, -0.2) is 38.9 Å². The number of anilines is 1. The van der Waals surface area contributed by atoms with Gasteiger partial charge in [0, 0.05) is 41.4 Å². The lowest BCUT2D eigenvalue weighted by atomic mass is 10.2. The maximum atomic E-state index is 12.7. The Labute approximate surface area is 149 Å². The van der Waals surface area contributed by atoms with Gasteiger partial charge >= 0.3 is 0 Å². The molecule has 1 aliphatic rings. The molecule has 1 fully saturated rings. The van der Waals surface area contributed by atoms with E-state index in [9.17, 15) is 8.42 Å². The Kier molecular flexibility index (Phi) is 4.96. The molecule has 0 unspecified atom stereocenters. The highest BCUT2D eigenvalue weighted by Gasteiger charge is 2.28. The average molecular weight is 416 g/mol. The van der Waals surface area contributed by atoms with E-state index in [1.807, 2.05) is 30.3 Å². The van der Waals surface area contributed by atoms with Crippen molar-refractivity contribution in [1.82, 2.24) is 4.31 Å². The topological polar surface area (TPSA) is 40.6 Å². The van der Waals surface area contributed by atoms with Gasteiger partial charge in [0.05, 0.1) is 4.90 Å². The highest BCUT2D eigenvalue weighted by molar-refractivity contribution is 9.10. The molecule has 0 radical (unpaired) electrons. The second kappa shape index (κ2) is 6.81. The zero-order chi connectivity index (χ0) is 16.4. The van der Waals surface area contributed by atoms with Gasteiger partial charge in [-0.1, -0.05) is 33.6 Å². The van der Waals surface area contributed by atoms with Crippen LogP contribution in [0.1, 0.15) is 0 Å². The van der Waals surface area contributed by atoms with Crippen LogP contribution in [0.25, 0.3) is 0 Å². The molecular weight excluding hydrogens is 400 g/mol. The SMILES string of the molecule is O=S(=O)(c1cccc(Br)c1)N1CCN(c2ccc(Cl)cc2)CC1. The predicted octanol–water partition coefficient (Wildman–Crippen LogP) is 3.61. The number of piperazine rings is 1. The van der Waals surface area contributed by atoms with E-state index in [1.165, 1.54) is 0 Å². The van der Waals surface area contributed by atoms with Gasteiger partial charge in [-0.15, -0.1) is 0 Å². The average Bonchev–Trinajstić information content (AvgIpc) is 2.56. The summed E-state index contributed by atoms with van der Waals surface area (Å²) in [5.41, 5.74) is 1.06. The molecule has 0 N–H and O–H groups in total. The monoisotopic (exact) mass is 414 g/mol. The van der Waals surface area contributed by atoms with Gasteiger partial charge in [-0.2, -0.15) is 4.31 Å². The van der Waals surface area contributed by atoms with Gasteiger partial charge in [-0.05, 0) is 42.5 Å². The number of benzene rings is 2. The van der Waals surface area contributed by atoms with Gasteiger partial charge in [-0.3, -0.25) is 0 Å². The molecule has 2 aromatic rings. The third-order valence-corrected chi connectivity index (χ3v) is 6.50. The molecule has 0 saturated carbocycles. The van der Waals surface area contributed by atoms with Gasteiger partial charge in [0.25, 0.3) is 0 Å². The van der Waals surface area contributed by atoms with E-state index in [4.69, 9.17) is 11.6 Å². The molecule has 0 aliphatic carbocycles. The van der Waals surface area contributed by atoms with E-state index in [0.717, 1.165) is 10.2 Å². The van der Waals surface area contributed by atoms with Gasteiger partial charge in [0.1, 0.15) is 0 Å². The lowest BCUT2D eigenvalue weighted by Crippen LogP contribution is -2.48. The third kappa shape index (κ3) is 3.71. The highest BCUT2D eigenvalue weighted by Crippen LogP contribution is 2.24. The summed E-state index contributed by atoms with van der Waals surface area (Å²) in [6.07, 6.45) is 0. The van der Waals surface area contributed by atoms with Crippen LogP contribution in [0.4, 0.5) is 5.69 Å². The Balaban J connectivity index is 1.72. The number of nitrogens with zero attached hydrogens (tertiary/aromatic N) is 2. The highest BCUT2D eigenvalue weighted by atomic mass is 79.9. The fraction of sp³-hybridized carbons (Fsp3) is 0.250. The maximum Gasteiger partial charge on any atom is 0.243 e.